The van der Waals surface area contributed by atoms with Crippen molar-refractivity contribution in [2.24, 2.45) is 16.7 Å². The third-order valence-corrected chi connectivity index (χ3v) is 8.70. The highest BCUT2D eigenvalue weighted by Crippen LogP contribution is 2.64. The third kappa shape index (κ3) is 3.88. The van der Waals surface area contributed by atoms with Gasteiger partial charge in [-0.2, -0.15) is 5.26 Å². The summed E-state index contributed by atoms with van der Waals surface area (Å²) in [5.41, 5.74) is -0.521. The zero-order chi connectivity index (χ0) is 22.2. The smallest absolute Gasteiger partial charge is 0.254 e. The lowest BCUT2D eigenvalue weighted by molar-refractivity contribution is -0.129. The van der Waals surface area contributed by atoms with Crippen LogP contribution in [-0.2, 0) is 26.0 Å². The molecule has 8 heteroatoms. The largest absolute Gasteiger partial charge is 0.299 e. The van der Waals surface area contributed by atoms with Gasteiger partial charge in [-0.3, -0.25) is 9.59 Å². The lowest BCUT2D eigenvalue weighted by Gasteiger charge is -2.36. The topological polar surface area (TPSA) is 107 Å². The van der Waals surface area contributed by atoms with E-state index < -0.39 is 27.4 Å². The number of ketones is 1. The molecule has 162 valence electrons. The van der Waals surface area contributed by atoms with E-state index in [0.29, 0.717) is 12.8 Å². The van der Waals surface area contributed by atoms with Crippen LogP contribution in [0.1, 0.15) is 45.6 Å². The van der Waals surface area contributed by atoms with Gasteiger partial charge in [0.25, 0.3) is 5.91 Å². The summed E-state index contributed by atoms with van der Waals surface area (Å²) in [6.45, 7) is 5.77. The number of rotatable bonds is 8. The first kappa shape index (κ1) is 22.4. The van der Waals surface area contributed by atoms with Crippen LogP contribution in [0.5, 0.6) is 0 Å². The molecule has 1 amide bonds. The maximum Gasteiger partial charge on any atom is 0.254 e. The number of Topliss-reactive ketones (excluding diaryl/α,β-unsaturated/α-hetero) is 1. The molecule has 3 atom stereocenters. The molecule has 0 spiro atoms. The number of sulfonamides is 1. The van der Waals surface area contributed by atoms with Gasteiger partial charge in [-0.1, -0.05) is 44.2 Å². The van der Waals surface area contributed by atoms with Crippen LogP contribution < -0.4 is 4.72 Å². The molecule has 2 fully saturated rings. The van der Waals surface area contributed by atoms with E-state index in [0.717, 1.165) is 16.9 Å². The highest BCUT2D eigenvalue weighted by Gasteiger charge is 2.65. The SMILES string of the molecule is CCN(C#N)C(=O)C(Cc1ccccc1)NS(=O)(=O)CC12CCC(CC1=O)C2(C)C. The maximum absolute atomic E-state index is 13.2. The van der Waals surface area contributed by atoms with Gasteiger partial charge in [0, 0.05) is 18.4 Å². The first-order valence-corrected chi connectivity index (χ1v) is 12.0. The molecule has 0 heterocycles. The quantitative estimate of drug-likeness (QED) is 0.502. The molecule has 2 saturated carbocycles. The van der Waals surface area contributed by atoms with Gasteiger partial charge in [0.05, 0.1) is 5.75 Å². The lowest BCUT2D eigenvalue weighted by Crippen LogP contribution is -2.52. The molecule has 0 radical (unpaired) electrons. The highest BCUT2D eigenvalue weighted by molar-refractivity contribution is 7.89. The summed E-state index contributed by atoms with van der Waals surface area (Å²) in [5, 5.41) is 9.26. The molecular weight excluding hydrogens is 402 g/mol. The van der Waals surface area contributed by atoms with Gasteiger partial charge in [-0.25, -0.2) is 18.0 Å². The molecule has 0 saturated heterocycles. The van der Waals surface area contributed by atoms with Crippen molar-refractivity contribution in [3.63, 3.8) is 0 Å². The van der Waals surface area contributed by atoms with E-state index in [9.17, 15) is 23.3 Å². The second kappa shape index (κ2) is 8.12. The van der Waals surface area contributed by atoms with Crippen LogP contribution in [-0.4, -0.2) is 43.3 Å². The van der Waals surface area contributed by atoms with Crippen LogP contribution in [0.3, 0.4) is 0 Å². The van der Waals surface area contributed by atoms with Crippen molar-refractivity contribution < 1.29 is 18.0 Å². The molecule has 0 aliphatic heterocycles. The number of hydrogen-bond acceptors (Lipinski definition) is 5. The fourth-order valence-corrected chi connectivity index (χ4v) is 7.21. The van der Waals surface area contributed by atoms with Crippen LogP contribution in [0.15, 0.2) is 30.3 Å². The second-order valence-electron chi connectivity index (χ2n) is 8.97. The monoisotopic (exact) mass is 431 g/mol. The van der Waals surface area contributed by atoms with Gasteiger partial charge in [0.1, 0.15) is 11.8 Å². The molecule has 1 N–H and O–H groups in total. The van der Waals surface area contributed by atoms with E-state index in [-0.39, 0.29) is 35.8 Å². The Hall–Kier alpha value is -2.24. The molecule has 7 nitrogen and oxygen atoms in total. The minimum atomic E-state index is -3.95. The number of benzene rings is 1. The van der Waals surface area contributed by atoms with Crippen molar-refractivity contribution >= 4 is 21.7 Å². The van der Waals surface area contributed by atoms with Crippen LogP contribution in [0.2, 0.25) is 0 Å². The Morgan fingerprint density at radius 2 is 2.00 bits per heavy atom. The van der Waals surface area contributed by atoms with Gasteiger partial charge < -0.3 is 0 Å². The zero-order valence-electron chi connectivity index (χ0n) is 17.7. The molecule has 1 aromatic rings. The number of nitriles is 1. The molecule has 2 aliphatic rings. The minimum absolute atomic E-state index is 0.00673. The zero-order valence-corrected chi connectivity index (χ0v) is 18.5. The fourth-order valence-electron chi connectivity index (χ4n) is 5.18. The Bertz CT molecular complexity index is 968. The Morgan fingerprint density at radius 1 is 1.33 bits per heavy atom. The van der Waals surface area contributed by atoms with Gasteiger partial charge in [-0.05, 0) is 43.1 Å². The molecule has 1 aromatic carbocycles. The predicted molar refractivity (Wildman–Crippen MR) is 112 cm³/mol. The summed E-state index contributed by atoms with van der Waals surface area (Å²) in [6.07, 6.45) is 3.77. The molecule has 2 aliphatic carbocycles. The summed E-state index contributed by atoms with van der Waals surface area (Å²) in [4.78, 5) is 26.6. The van der Waals surface area contributed by atoms with Crippen molar-refractivity contribution in [2.75, 3.05) is 12.3 Å². The number of carbonyl (C=O) groups is 2. The summed E-state index contributed by atoms with van der Waals surface area (Å²) in [5.74, 6) is -0.700. The Kier molecular flexibility index (Phi) is 6.08. The predicted octanol–water partition coefficient (Wildman–Crippen LogP) is 2.24. The van der Waals surface area contributed by atoms with Crippen LogP contribution in [0.25, 0.3) is 0 Å². The molecule has 0 aromatic heterocycles. The molecule has 2 bridgehead atoms. The van der Waals surface area contributed by atoms with Crippen molar-refractivity contribution in [1.82, 2.24) is 9.62 Å². The Morgan fingerprint density at radius 3 is 2.50 bits per heavy atom. The van der Waals surface area contributed by atoms with Gasteiger partial charge in [0.15, 0.2) is 6.19 Å². The number of amides is 1. The minimum Gasteiger partial charge on any atom is -0.299 e. The van der Waals surface area contributed by atoms with E-state index in [1.54, 1.807) is 19.1 Å². The molecular formula is C22H29N3O4S. The third-order valence-electron chi connectivity index (χ3n) is 7.18. The molecule has 3 unspecified atom stereocenters. The number of nitrogens with one attached hydrogen (secondary N) is 1. The average Bonchev–Trinajstić information content (AvgIpc) is 3.03. The van der Waals surface area contributed by atoms with Crippen molar-refractivity contribution in [3.8, 4) is 6.19 Å². The first-order valence-electron chi connectivity index (χ1n) is 10.3. The summed E-state index contributed by atoms with van der Waals surface area (Å²) in [6, 6.07) is 7.96. The van der Waals surface area contributed by atoms with E-state index in [1.807, 2.05) is 38.2 Å². The first-order chi connectivity index (χ1) is 14.1. The van der Waals surface area contributed by atoms with E-state index in [1.165, 1.54) is 0 Å². The van der Waals surface area contributed by atoms with Gasteiger partial charge >= 0.3 is 0 Å². The number of likely N-dealkylation sites (N-methyl/N-ethyl adjacent to an activating group) is 1. The Balaban J connectivity index is 1.86. The van der Waals surface area contributed by atoms with Crippen LogP contribution >= 0.6 is 0 Å². The lowest BCUT2D eigenvalue weighted by atomic mass is 9.70. The van der Waals surface area contributed by atoms with Crippen LogP contribution in [0.4, 0.5) is 0 Å². The van der Waals surface area contributed by atoms with Crippen molar-refractivity contribution in [1.29, 1.82) is 5.26 Å². The average molecular weight is 432 g/mol. The standard InChI is InChI=1S/C22H29N3O4S/c1-4-25(15-23)20(27)18(12-16-8-6-5-7-9-16)24-30(28,29)14-22-11-10-17(13-19(22)26)21(22,2)3/h5-9,17-18,24H,4,10-14H2,1-3H3. The van der Waals surface area contributed by atoms with Crippen molar-refractivity contribution in [2.45, 2.75) is 52.5 Å². The number of carbonyl (C=O) groups excluding carboxylic acids is 2. The van der Waals surface area contributed by atoms with Crippen molar-refractivity contribution in [3.05, 3.63) is 35.9 Å². The van der Waals surface area contributed by atoms with E-state index in [2.05, 4.69) is 4.72 Å². The van der Waals surface area contributed by atoms with E-state index in [4.69, 9.17) is 0 Å². The number of fused-ring (bicyclic) bond motifs is 2. The van der Waals surface area contributed by atoms with Gasteiger partial charge in [-0.15, -0.1) is 0 Å². The van der Waals surface area contributed by atoms with Gasteiger partial charge in [0.2, 0.25) is 10.0 Å². The molecule has 3 rings (SSSR count). The summed E-state index contributed by atoms with van der Waals surface area (Å²) < 4.78 is 28.9. The number of hydrogen-bond donors (Lipinski definition) is 1. The normalized spacial score (nSPS) is 25.7. The Labute approximate surface area is 178 Å². The summed E-state index contributed by atoms with van der Waals surface area (Å²) >= 11 is 0. The molecule has 30 heavy (non-hydrogen) atoms. The fraction of sp³-hybridized carbons (Fsp3) is 0.591. The summed E-state index contributed by atoms with van der Waals surface area (Å²) in [7, 11) is -3.95. The maximum atomic E-state index is 13.2. The second-order valence-corrected chi connectivity index (χ2v) is 10.7. The van der Waals surface area contributed by atoms with Crippen LogP contribution in [0, 0.1) is 28.2 Å². The highest BCUT2D eigenvalue weighted by atomic mass is 32.2. The number of nitrogens with zero attached hydrogens (tertiary/aromatic N) is 2. The van der Waals surface area contributed by atoms with E-state index >= 15 is 0 Å².